The highest BCUT2D eigenvalue weighted by molar-refractivity contribution is 5.31. The first-order valence-corrected chi connectivity index (χ1v) is 6.13. The second kappa shape index (κ2) is 6.11. The summed E-state index contributed by atoms with van der Waals surface area (Å²) in [5, 5.41) is 0. The summed E-state index contributed by atoms with van der Waals surface area (Å²) in [4.78, 5) is 0. The maximum atomic E-state index is 13.6. The Morgan fingerprint density at radius 3 is 2.56 bits per heavy atom. The van der Waals surface area contributed by atoms with Gasteiger partial charge in [-0.1, -0.05) is 0 Å². The molecule has 2 rings (SSSR count). The highest BCUT2D eigenvalue weighted by atomic mass is 19.1. The lowest BCUT2D eigenvalue weighted by Gasteiger charge is -2.22. The minimum atomic E-state index is -0.716. The van der Waals surface area contributed by atoms with Gasteiger partial charge in [-0.15, -0.1) is 0 Å². The Balaban J connectivity index is 2.00. The number of halogens is 2. The fourth-order valence-corrected chi connectivity index (χ4v) is 1.98. The van der Waals surface area contributed by atoms with Gasteiger partial charge in [-0.2, -0.15) is 0 Å². The van der Waals surface area contributed by atoms with E-state index < -0.39 is 11.6 Å². The average Bonchev–Trinajstić information content (AvgIpc) is 2.38. The Kier molecular flexibility index (Phi) is 4.49. The molecule has 1 aromatic carbocycles. The molecular formula is C13H17F2NO2. The van der Waals surface area contributed by atoms with Crippen LogP contribution < -0.4 is 10.5 Å². The Labute approximate surface area is 105 Å². The van der Waals surface area contributed by atoms with Crippen LogP contribution in [0.25, 0.3) is 0 Å². The third kappa shape index (κ3) is 3.17. The molecule has 18 heavy (non-hydrogen) atoms. The molecule has 0 aliphatic carbocycles. The van der Waals surface area contributed by atoms with Crippen LogP contribution in [0.2, 0.25) is 0 Å². The van der Waals surface area contributed by atoms with Gasteiger partial charge in [0.25, 0.3) is 0 Å². The molecule has 1 heterocycles. The molecule has 2 N–H and O–H groups in total. The molecule has 0 saturated carbocycles. The maximum absolute atomic E-state index is 13.6. The second-order valence-electron chi connectivity index (χ2n) is 4.39. The summed E-state index contributed by atoms with van der Waals surface area (Å²) in [5.41, 5.74) is 5.74. The van der Waals surface area contributed by atoms with Crippen LogP contribution >= 0.6 is 0 Å². The van der Waals surface area contributed by atoms with Crippen molar-refractivity contribution in [2.75, 3.05) is 13.2 Å². The molecule has 1 atom stereocenters. The molecule has 0 bridgehead atoms. The van der Waals surface area contributed by atoms with Crippen LogP contribution in [0.5, 0.6) is 5.75 Å². The first kappa shape index (κ1) is 13.2. The minimum absolute atomic E-state index is 0.0771. The standard InChI is InChI=1S/C13H17F2NO2/c14-11-5-9(7-16)6-12(15)13(11)18-8-10-3-1-2-4-17-10/h5-6,10H,1-4,7-8,16H2. The SMILES string of the molecule is NCc1cc(F)c(OCC2CCCCO2)c(F)c1. The maximum Gasteiger partial charge on any atom is 0.190 e. The summed E-state index contributed by atoms with van der Waals surface area (Å²) in [6.07, 6.45) is 2.88. The van der Waals surface area contributed by atoms with Gasteiger partial charge in [-0.25, -0.2) is 8.78 Å². The largest absolute Gasteiger partial charge is 0.485 e. The lowest BCUT2D eigenvalue weighted by atomic mass is 10.1. The van der Waals surface area contributed by atoms with E-state index in [9.17, 15) is 8.78 Å². The van der Waals surface area contributed by atoms with Crippen LogP contribution in [0.15, 0.2) is 12.1 Å². The van der Waals surface area contributed by atoms with E-state index in [2.05, 4.69) is 0 Å². The molecule has 1 aromatic rings. The first-order valence-electron chi connectivity index (χ1n) is 6.13. The normalized spacial score (nSPS) is 19.8. The van der Waals surface area contributed by atoms with Gasteiger partial charge in [0.15, 0.2) is 17.4 Å². The van der Waals surface area contributed by atoms with Crippen molar-refractivity contribution in [3.63, 3.8) is 0 Å². The van der Waals surface area contributed by atoms with E-state index in [1.165, 1.54) is 12.1 Å². The highest BCUT2D eigenvalue weighted by Crippen LogP contribution is 2.24. The van der Waals surface area contributed by atoms with Gasteiger partial charge in [-0.05, 0) is 37.0 Å². The van der Waals surface area contributed by atoms with Gasteiger partial charge in [0.05, 0.1) is 6.10 Å². The fraction of sp³-hybridized carbons (Fsp3) is 0.538. The van der Waals surface area contributed by atoms with E-state index in [0.717, 1.165) is 19.3 Å². The average molecular weight is 257 g/mol. The summed E-state index contributed by atoms with van der Waals surface area (Å²) < 4.78 is 37.8. The molecule has 1 saturated heterocycles. The number of hydrogen-bond acceptors (Lipinski definition) is 3. The van der Waals surface area contributed by atoms with E-state index in [4.69, 9.17) is 15.2 Å². The summed E-state index contributed by atoms with van der Waals surface area (Å²) in [6, 6.07) is 2.39. The summed E-state index contributed by atoms with van der Waals surface area (Å²) in [5.74, 6) is -1.78. The van der Waals surface area contributed by atoms with Crippen LogP contribution in [0.1, 0.15) is 24.8 Å². The van der Waals surface area contributed by atoms with E-state index in [1.54, 1.807) is 0 Å². The number of rotatable bonds is 4. The Bertz CT molecular complexity index is 383. The van der Waals surface area contributed by atoms with E-state index in [1.807, 2.05) is 0 Å². The highest BCUT2D eigenvalue weighted by Gasteiger charge is 2.18. The Morgan fingerprint density at radius 1 is 1.28 bits per heavy atom. The minimum Gasteiger partial charge on any atom is -0.485 e. The second-order valence-corrected chi connectivity index (χ2v) is 4.39. The summed E-state index contributed by atoms with van der Waals surface area (Å²) >= 11 is 0. The first-order chi connectivity index (χ1) is 8.70. The van der Waals surface area contributed by atoms with Gasteiger partial charge in [0, 0.05) is 13.2 Å². The molecule has 3 nitrogen and oxygen atoms in total. The van der Waals surface area contributed by atoms with Gasteiger partial charge in [0.1, 0.15) is 6.61 Å². The Morgan fingerprint density at radius 2 is 2.00 bits per heavy atom. The zero-order chi connectivity index (χ0) is 13.0. The Hall–Kier alpha value is -1.20. The quantitative estimate of drug-likeness (QED) is 0.900. The summed E-state index contributed by atoms with van der Waals surface area (Å²) in [7, 11) is 0. The van der Waals surface area contributed by atoms with Crippen LogP contribution in [-0.4, -0.2) is 19.3 Å². The van der Waals surface area contributed by atoms with Crippen molar-refractivity contribution in [3.8, 4) is 5.75 Å². The molecular weight excluding hydrogens is 240 g/mol. The monoisotopic (exact) mass is 257 g/mol. The van der Waals surface area contributed by atoms with Crippen molar-refractivity contribution in [1.82, 2.24) is 0 Å². The third-order valence-electron chi connectivity index (χ3n) is 2.98. The van der Waals surface area contributed by atoms with Crippen molar-refractivity contribution >= 4 is 0 Å². The van der Waals surface area contributed by atoms with Crippen LogP contribution in [0, 0.1) is 11.6 Å². The lowest BCUT2D eigenvalue weighted by Crippen LogP contribution is -2.26. The molecule has 1 aliphatic heterocycles. The van der Waals surface area contributed by atoms with Gasteiger partial charge in [-0.3, -0.25) is 0 Å². The van der Waals surface area contributed by atoms with Crippen molar-refractivity contribution < 1.29 is 18.3 Å². The van der Waals surface area contributed by atoms with E-state index >= 15 is 0 Å². The van der Waals surface area contributed by atoms with Crippen molar-refractivity contribution in [2.24, 2.45) is 5.73 Å². The molecule has 0 spiro atoms. The van der Waals surface area contributed by atoms with Gasteiger partial charge >= 0.3 is 0 Å². The molecule has 1 aliphatic rings. The van der Waals surface area contributed by atoms with E-state index in [0.29, 0.717) is 12.2 Å². The molecule has 100 valence electrons. The molecule has 5 heteroatoms. The molecule has 1 fully saturated rings. The predicted molar refractivity (Wildman–Crippen MR) is 63.3 cm³/mol. The van der Waals surface area contributed by atoms with E-state index in [-0.39, 0.29) is 25.0 Å². The van der Waals surface area contributed by atoms with Gasteiger partial charge < -0.3 is 15.2 Å². The third-order valence-corrected chi connectivity index (χ3v) is 2.98. The van der Waals surface area contributed by atoms with Crippen LogP contribution in [0.3, 0.4) is 0 Å². The fourth-order valence-electron chi connectivity index (χ4n) is 1.98. The van der Waals surface area contributed by atoms with Gasteiger partial charge in [0.2, 0.25) is 0 Å². The smallest absolute Gasteiger partial charge is 0.190 e. The number of hydrogen-bond donors (Lipinski definition) is 1. The van der Waals surface area contributed by atoms with Crippen molar-refractivity contribution in [1.29, 1.82) is 0 Å². The van der Waals surface area contributed by atoms with Crippen molar-refractivity contribution in [3.05, 3.63) is 29.3 Å². The molecule has 0 aromatic heterocycles. The number of benzene rings is 1. The lowest BCUT2D eigenvalue weighted by molar-refractivity contribution is -0.0124. The number of ether oxygens (including phenoxy) is 2. The van der Waals surface area contributed by atoms with Crippen molar-refractivity contribution in [2.45, 2.75) is 31.9 Å². The zero-order valence-corrected chi connectivity index (χ0v) is 10.1. The molecule has 0 radical (unpaired) electrons. The topological polar surface area (TPSA) is 44.5 Å². The number of nitrogens with two attached hydrogens (primary N) is 1. The molecule has 0 amide bonds. The molecule has 1 unspecified atom stereocenters. The zero-order valence-electron chi connectivity index (χ0n) is 10.1. The van der Waals surface area contributed by atoms with Crippen LogP contribution in [-0.2, 0) is 11.3 Å². The summed E-state index contributed by atoms with van der Waals surface area (Å²) in [6.45, 7) is 0.959. The van der Waals surface area contributed by atoms with Crippen LogP contribution in [0.4, 0.5) is 8.78 Å². The predicted octanol–water partition coefficient (Wildman–Crippen LogP) is 2.37.